The Bertz CT molecular complexity index is 1290. The Morgan fingerprint density at radius 2 is 2.00 bits per heavy atom. The molecule has 1 aliphatic heterocycles. The van der Waals surface area contributed by atoms with Crippen molar-refractivity contribution in [2.75, 3.05) is 13.7 Å². The maximum Gasteiger partial charge on any atom is 0.419 e. The molecular formula is C25H29F4N5O5. The normalized spacial score (nSPS) is 32.7. The number of nitrogens with two attached hydrogens (primary N) is 1. The Kier molecular flexibility index (Phi) is 6.61. The Morgan fingerprint density at radius 3 is 2.64 bits per heavy atom. The molecule has 0 bridgehead atoms. The van der Waals surface area contributed by atoms with E-state index in [2.05, 4.69) is 15.2 Å². The number of rotatable bonds is 5. The van der Waals surface area contributed by atoms with Gasteiger partial charge >= 0.3 is 6.18 Å². The third-order valence-electron chi connectivity index (χ3n) is 8.75. The number of aromatic amines is 1. The van der Waals surface area contributed by atoms with Crippen molar-refractivity contribution in [3.8, 4) is 17.1 Å². The number of halogens is 4. The number of aliphatic hydroxyl groups excluding tert-OH is 1. The number of hydrogen-bond donors (Lipinski definition) is 4. The quantitative estimate of drug-likeness (QED) is 0.412. The van der Waals surface area contributed by atoms with Gasteiger partial charge in [0.1, 0.15) is 5.69 Å². The van der Waals surface area contributed by atoms with Crippen LogP contribution in [0.4, 0.5) is 17.6 Å². The molecule has 3 aliphatic rings. The predicted molar refractivity (Wildman–Crippen MR) is 126 cm³/mol. The van der Waals surface area contributed by atoms with E-state index in [0.29, 0.717) is 12.8 Å². The zero-order valence-electron chi connectivity index (χ0n) is 21.0. The van der Waals surface area contributed by atoms with Gasteiger partial charge in [-0.1, -0.05) is 0 Å². The SMILES string of the molecule is COc1cc(-c2cc(C(=O)N3CCC(C(N)=O)CC34CC4[C@@H]3CC[C@@](O)(C(F)(F)F)[C@H](O)C3)[nH]n2)c(F)cn1. The van der Waals surface area contributed by atoms with Crippen LogP contribution < -0.4 is 10.5 Å². The highest BCUT2D eigenvalue weighted by Crippen LogP contribution is 2.62. The maximum atomic E-state index is 14.4. The highest BCUT2D eigenvalue weighted by Gasteiger charge is 2.67. The van der Waals surface area contributed by atoms with Crippen LogP contribution in [-0.4, -0.2) is 79.2 Å². The molecular weight excluding hydrogens is 526 g/mol. The van der Waals surface area contributed by atoms with E-state index in [-0.39, 0.29) is 54.6 Å². The average Bonchev–Trinajstić information content (AvgIpc) is 3.36. The monoisotopic (exact) mass is 555 g/mol. The van der Waals surface area contributed by atoms with Crippen molar-refractivity contribution in [1.29, 1.82) is 0 Å². The number of nitrogens with one attached hydrogen (secondary N) is 1. The van der Waals surface area contributed by atoms with Gasteiger partial charge in [-0.25, -0.2) is 9.37 Å². The summed E-state index contributed by atoms with van der Waals surface area (Å²) >= 11 is 0. The first kappa shape index (κ1) is 27.3. The summed E-state index contributed by atoms with van der Waals surface area (Å²) in [5.41, 5.74) is 1.83. The van der Waals surface area contributed by atoms with Gasteiger partial charge in [0.15, 0.2) is 11.4 Å². The summed E-state index contributed by atoms with van der Waals surface area (Å²) in [6.45, 7) is 0.177. The van der Waals surface area contributed by atoms with Crippen molar-refractivity contribution in [2.24, 2.45) is 23.5 Å². The van der Waals surface area contributed by atoms with Crippen molar-refractivity contribution < 1.29 is 42.1 Å². The van der Waals surface area contributed by atoms with E-state index >= 15 is 0 Å². The summed E-state index contributed by atoms with van der Waals surface area (Å²) in [7, 11) is 1.37. The smallest absolute Gasteiger partial charge is 0.419 e. The predicted octanol–water partition coefficient (Wildman–Crippen LogP) is 2.17. The van der Waals surface area contributed by atoms with Crippen LogP contribution in [0.3, 0.4) is 0 Å². The van der Waals surface area contributed by atoms with Crippen molar-refractivity contribution >= 4 is 11.8 Å². The van der Waals surface area contributed by atoms with E-state index in [1.165, 1.54) is 19.2 Å². The molecule has 0 radical (unpaired) electrons. The molecule has 14 heteroatoms. The molecule has 2 aliphatic carbocycles. The number of carbonyl (C=O) groups excluding carboxylic acids is 2. The molecule has 5 rings (SSSR count). The number of pyridine rings is 1. The van der Waals surface area contributed by atoms with Gasteiger partial charge in [0.05, 0.1) is 25.1 Å². The second-order valence-corrected chi connectivity index (χ2v) is 10.8. The molecule has 3 fully saturated rings. The fraction of sp³-hybridized carbons (Fsp3) is 0.600. The summed E-state index contributed by atoms with van der Waals surface area (Å²) in [6.07, 6.45) is -5.98. The molecule has 1 saturated heterocycles. The molecule has 5 N–H and O–H groups in total. The van der Waals surface area contributed by atoms with E-state index in [9.17, 15) is 37.4 Å². The number of methoxy groups -OCH3 is 1. The number of aliphatic hydroxyl groups is 2. The number of hydrogen-bond acceptors (Lipinski definition) is 7. The second-order valence-electron chi connectivity index (χ2n) is 10.8. The highest BCUT2D eigenvalue weighted by atomic mass is 19.4. The molecule has 212 valence electrons. The lowest BCUT2D eigenvalue weighted by atomic mass is 9.72. The minimum absolute atomic E-state index is 0.000112. The van der Waals surface area contributed by atoms with Gasteiger partial charge in [0.2, 0.25) is 11.8 Å². The van der Waals surface area contributed by atoms with E-state index < -0.39 is 59.3 Å². The number of aromatic nitrogens is 3. The molecule has 2 aromatic rings. The molecule has 39 heavy (non-hydrogen) atoms. The van der Waals surface area contributed by atoms with Gasteiger partial charge in [-0.05, 0) is 56.4 Å². The molecule has 3 unspecified atom stereocenters. The van der Waals surface area contributed by atoms with Crippen LogP contribution in [0.1, 0.15) is 49.0 Å². The van der Waals surface area contributed by atoms with E-state index in [1.54, 1.807) is 4.90 Å². The van der Waals surface area contributed by atoms with Gasteiger partial charge in [0, 0.05) is 29.6 Å². The maximum absolute atomic E-state index is 14.4. The molecule has 1 spiro atoms. The summed E-state index contributed by atoms with van der Waals surface area (Å²) in [4.78, 5) is 31.1. The summed E-state index contributed by atoms with van der Waals surface area (Å²) in [5.74, 6) is -2.70. The number of ether oxygens (including phenoxy) is 1. The molecule has 0 aromatic carbocycles. The average molecular weight is 556 g/mol. The molecule has 3 heterocycles. The van der Waals surface area contributed by atoms with E-state index in [0.717, 1.165) is 6.20 Å². The van der Waals surface area contributed by atoms with Crippen LogP contribution in [0.25, 0.3) is 11.3 Å². The van der Waals surface area contributed by atoms with Crippen LogP contribution in [0.5, 0.6) is 5.88 Å². The third-order valence-corrected chi connectivity index (χ3v) is 8.75. The lowest BCUT2D eigenvalue weighted by Crippen LogP contribution is -2.58. The van der Waals surface area contributed by atoms with Gasteiger partial charge < -0.3 is 25.6 Å². The molecule has 10 nitrogen and oxygen atoms in total. The van der Waals surface area contributed by atoms with Gasteiger partial charge in [-0.15, -0.1) is 0 Å². The zero-order chi connectivity index (χ0) is 28.3. The zero-order valence-corrected chi connectivity index (χ0v) is 21.0. The number of amides is 2. The topological polar surface area (TPSA) is 155 Å². The minimum atomic E-state index is -4.97. The summed E-state index contributed by atoms with van der Waals surface area (Å²) in [5, 5.41) is 27.1. The Hall–Kier alpha value is -3.26. The number of H-pyrrole nitrogens is 1. The van der Waals surface area contributed by atoms with Crippen LogP contribution in [0.15, 0.2) is 18.3 Å². The highest BCUT2D eigenvalue weighted by molar-refractivity contribution is 5.94. The number of nitrogens with zero attached hydrogens (tertiary/aromatic N) is 3. The third kappa shape index (κ3) is 4.52. The standard InChI is InChI=1S/C25H29F4N5O5/c1-39-20-7-14(16(26)11-31-20)17-8-18(33-32-17)22(37)34-5-3-13(21(30)36)9-23(34)10-15(23)12-2-4-24(38,19(35)6-12)25(27,28)29/h7-8,11-13,15,19,35,38H,2-6,9-10H2,1H3,(H2,30,36)(H,32,33)/t12-,13?,15?,19-,23?,24+/m1/s1. The largest absolute Gasteiger partial charge is 0.481 e. The molecule has 2 aromatic heterocycles. The summed E-state index contributed by atoms with van der Waals surface area (Å²) in [6, 6.07) is 2.73. The van der Waals surface area contributed by atoms with Crippen molar-refractivity contribution in [2.45, 2.75) is 61.9 Å². The first-order valence-corrected chi connectivity index (χ1v) is 12.6. The Balaban J connectivity index is 1.39. The van der Waals surface area contributed by atoms with Crippen molar-refractivity contribution in [3.63, 3.8) is 0 Å². The number of alkyl halides is 3. The van der Waals surface area contributed by atoms with Crippen LogP contribution in [-0.2, 0) is 4.79 Å². The molecule has 6 atom stereocenters. The second kappa shape index (κ2) is 9.44. The van der Waals surface area contributed by atoms with E-state index in [1.807, 2.05) is 0 Å². The first-order chi connectivity index (χ1) is 18.3. The lowest BCUT2D eigenvalue weighted by Gasteiger charge is -2.44. The van der Waals surface area contributed by atoms with Gasteiger partial charge in [-0.3, -0.25) is 14.7 Å². The minimum Gasteiger partial charge on any atom is -0.481 e. The fourth-order valence-electron chi connectivity index (χ4n) is 6.48. The van der Waals surface area contributed by atoms with Gasteiger partial charge in [-0.2, -0.15) is 18.3 Å². The van der Waals surface area contributed by atoms with E-state index in [4.69, 9.17) is 10.5 Å². The first-order valence-electron chi connectivity index (χ1n) is 12.6. The van der Waals surface area contributed by atoms with Gasteiger partial charge in [0.25, 0.3) is 5.91 Å². The molecule has 2 amide bonds. The Labute approximate surface area is 220 Å². The van der Waals surface area contributed by atoms with Crippen LogP contribution >= 0.6 is 0 Å². The lowest BCUT2D eigenvalue weighted by molar-refractivity contribution is -0.302. The molecule has 2 saturated carbocycles. The summed E-state index contributed by atoms with van der Waals surface area (Å²) < 4.78 is 59.6. The number of primary amides is 1. The van der Waals surface area contributed by atoms with Crippen LogP contribution in [0.2, 0.25) is 0 Å². The number of carbonyl (C=O) groups is 2. The number of likely N-dealkylation sites (tertiary alicyclic amines) is 1. The fourth-order valence-corrected chi connectivity index (χ4v) is 6.48. The Morgan fingerprint density at radius 1 is 1.26 bits per heavy atom. The number of piperidine rings is 1. The van der Waals surface area contributed by atoms with Crippen molar-refractivity contribution in [1.82, 2.24) is 20.1 Å². The van der Waals surface area contributed by atoms with Crippen molar-refractivity contribution in [3.05, 3.63) is 29.8 Å². The van der Waals surface area contributed by atoms with Crippen LogP contribution in [0, 0.1) is 23.6 Å².